The van der Waals surface area contributed by atoms with Gasteiger partial charge in [0, 0.05) is 24.2 Å². The van der Waals surface area contributed by atoms with Crippen LogP contribution in [0.25, 0.3) is 16.9 Å². The van der Waals surface area contributed by atoms with Gasteiger partial charge in [0.1, 0.15) is 0 Å². The van der Waals surface area contributed by atoms with E-state index in [1.54, 1.807) is 24.8 Å². The lowest BCUT2D eigenvalue weighted by molar-refractivity contribution is 1.09. The highest BCUT2D eigenvalue weighted by atomic mass is 15.1. The van der Waals surface area contributed by atoms with Gasteiger partial charge in [-0.3, -0.25) is 9.50 Å². The molecule has 0 aliphatic heterocycles. The summed E-state index contributed by atoms with van der Waals surface area (Å²) < 4.78 is 1.88. The first kappa shape index (κ1) is 15.7. The first-order valence-corrected chi connectivity index (χ1v) is 6.84. The predicted molar refractivity (Wildman–Crippen MR) is 82.3 cm³/mol. The van der Waals surface area contributed by atoms with Crippen LogP contribution in [0.2, 0.25) is 0 Å². The molecule has 0 aliphatic carbocycles. The van der Waals surface area contributed by atoms with Gasteiger partial charge in [-0.05, 0) is 0 Å². The number of nitrogen functional groups attached to an aromatic ring is 1. The Morgan fingerprint density at radius 2 is 1.90 bits per heavy atom. The Morgan fingerprint density at radius 3 is 2.50 bits per heavy atom. The van der Waals surface area contributed by atoms with Crippen molar-refractivity contribution >= 4 is 11.5 Å². The van der Waals surface area contributed by atoms with Crippen molar-refractivity contribution in [2.45, 2.75) is 34.1 Å². The lowest BCUT2D eigenvalue weighted by Gasteiger charge is -1.98. The van der Waals surface area contributed by atoms with E-state index in [1.807, 2.05) is 24.4 Å². The molecular weight excluding hydrogens is 252 g/mol. The fourth-order valence-corrected chi connectivity index (χ4v) is 1.54. The van der Waals surface area contributed by atoms with Crippen molar-refractivity contribution in [2.75, 3.05) is 5.73 Å². The normalized spacial score (nSPS) is 9.40. The van der Waals surface area contributed by atoms with Crippen LogP contribution < -0.4 is 5.73 Å². The molecule has 3 N–H and O–H groups in total. The zero-order valence-corrected chi connectivity index (χ0v) is 12.5. The van der Waals surface area contributed by atoms with Crippen LogP contribution in [-0.4, -0.2) is 24.6 Å². The fourth-order valence-electron chi connectivity index (χ4n) is 1.54. The maximum Gasteiger partial charge on any atom is 0.180 e. The summed E-state index contributed by atoms with van der Waals surface area (Å²) in [5, 5.41) is 6.65. The van der Waals surface area contributed by atoms with Crippen molar-refractivity contribution in [3.63, 3.8) is 0 Å². The van der Waals surface area contributed by atoms with Gasteiger partial charge in [-0.2, -0.15) is 5.10 Å². The Bertz CT molecular complexity index is 612. The van der Waals surface area contributed by atoms with E-state index in [2.05, 4.69) is 34.0 Å². The van der Waals surface area contributed by atoms with E-state index >= 15 is 0 Å². The van der Waals surface area contributed by atoms with Crippen molar-refractivity contribution in [3.05, 3.63) is 31.0 Å². The molecule has 0 saturated carbocycles. The summed E-state index contributed by atoms with van der Waals surface area (Å²) in [5.74, 6) is 0.423. The number of nitrogens with zero attached hydrogens (tertiary/aromatic N) is 4. The van der Waals surface area contributed by atoms with Crippen molar-refractivity contribution in [1.29, 1.82) is 0 Å². The molecule has 3 heterocycles. The zero-order valence-electron chi connectivity index (χ0n) is 12.5. The average Bonchev–Trinajstić information content (AvgIpc) is 3.11. The second-order valence-corrected chi connectivity index (χ2v) is 3.84. The molecule has 6 heteroatoms. The minimum atomic E-state index is 0.423. The molecule has 0 bridgehead atoms. The van der Waals surface area contributed by atoms with Crippen LogP contribution in [0.15, 0.2) is 31.0 Å². The monoisotopic (exact) mass is 274 g/mol. The van der Waals surface area contributed by atoms with Crippen molar-refractivity contribution in [2.24, 2.45) is 0 Å². The van der Waals surface area contributed by atoms with Gasteiger partial charge < -0.3 is 5.73 Å². The molecule has 0 aliphatic rings. The van der Waals surface area contributed by atoms with Crippen LogP contribution in [0.1, 0.15) is 34.1 Å². The first-order valence-electron chi connectivity index (χ1n) is 6.84. The van der Waals surface area contributed by atoms with E-state index in [0.29, 0.717) is 11.5 Å². The summed E-state index contributed by atoms with van der Waals surface area (Å²) in [6.07, 6.45) is 10.0. The number of nitrogens with two attached hydrogens (primary N) is 1. The maximum atomic E-state index is 5.71. The molecule has 0 radical (unpaired) electrons. The van der Waals surface area contributed by atoms with Crippen molar-refractivity contribution < 1.29 is 0 Å². The van der Waals surface area contributed by atoms with Gasteiger partial charge in [0.25, 0.3) is 0 Å². The molecule has 108 valence electrons. The van der Waals surface area contributed by atoms with E-state index in [0.717, 1.165) is 11.3 Å². The van der Waals surface area contributed by atoms with E-state index in [1.165, 1.54) is 6.42 Å². The molecular formula is C14H22N6. The van der Waals surface area contributed by atoms with Gasteiger partial charge in [0.15, 0.2) is 11.5 Å². The molecule has 0 amide bonds. The summed E-state index contributed by atoms with van der Waals surface area (Å²) in [7, 11) is 0. The van der Waals surface area contributed by atoms with Crippen LogP contribution in [0, 0.1) is 0 Å². The summed E-state index contributed by atoms with van der Waals surface area (Å²) in [4.78, 5) is 8.18. The Morgan fingerprint density at radius 1 is 1.20 bits per heavy atom. The number of anilines is 1. The Hall–Kier alpha value is -2.37. The van der Waals surface area contributed by atoms with Gasteiger partial charge in [-0.1, -0.05) is 34.1 Å². The van der Waals surface area contributed by atoms with E-state index in [-0.39, 0.29) is 0 Å². The topological polar surface area (TPSA) is 84.9 Å². The lowest BCUT2D eigenvalue weighted by Crippen LogP contribution is -1.96. The van der Waals surface area contributed by atoms with Gasteiger partial charge in [-0.15, -0.1) is 0 Å². The number of aromatic amines is 1. The third-order valence-corrected chi connectivity index (χ3v) is 2.25. The molecule has 0 fully saturated rings. The van der Waals surface area contributed by atoms with E-state index in [4.69, 9.17) is 5.73 Å². The standard InChI is InChI=1S/C9H8N6.C3H8.C2H6/c10-8-9-12-5-7(6-3-13-14-4-6)15(9)2-1-11-8;1-3-2;1-2/h1-5H,(H2,10,11)(H,13,14);3H2,1-2H3;1-2H3. The Kier molecular flexibility index (Phi) is 6.22. The smallest absolute Gasteiger partial charge is 0.180 e. The summed E-state index contributed by atoms with van der Waals surface area (Å²) >= 11 is 0. The van der Waals surface area contributed by atoms with Crippen LogP contribution >= 0.6 is 0 Å². The molecule has 0 spiro atoms. The number of rotatable bonds is 1. The molecule has 20 heavy (non-hydrogen) atoms. The number of imidazole rings is 1. The molecule has 3 rings (SSSR count). The SMILES string of the molecule is CC.CCC.Nc1nccn2c(-c3cn[nH]c3)cnc12. The predicted octanol–water partition coefficient (Wildman–Crippen LogP) is 3.14. The largest absolute Gasteiger partial charge is 0.381 e. The minimum absolute atomic E-state index is 0.423. The molecule has 0 aromatic carbocycles. The highest BCUT2D eigenvalue weighted by molar-refractivity contribution is 5.68. The second kappa shape index (κ2) is 7.93. The number of hydrogen-bond donors (Lipinski definition) is 2. The third kappa shape index (κ3) is 3.34. The fraction of sp³-hybridized carbons (Fsp3) is 0.357. The molecule has 3 aromatic heterocycles. The van der Waals surface area contributed by atoms with Gasteiger partial charge >= 0.3 is 0 Å². The first-order chi connectivity index (χ1) is 9.77. The van der Waals surface area contributed by atoms with Gasteiger partial charge in [0.2, 0.25) is 0 Å². The Balaban J connectivity index is 0.000000357. The third-order valence-electron chi connectivity index (χ3n) is 2.25. The van der Waals surface area contributed by atoms with Crippen LogP contribution in [0.3, 0.4) is 0 Å². The number of aromatic nitrogens is 5. The van der Waals surface area contributed by atoms with E-state index < -0.39 is 0 Å². The maximum absolute atomic E-state index is 5.71. The number of fused-ring (bicyclic) bond motifs is 1. The number of hydrogen-bond acceptors (Lipinski definition) is 4. The quantitative estimate of drug-likeness (QED) is 0.714. The molecule has 0 saturated heterocycles. The highest BCUT2D eigenvalue weighted by Gasteiger charge is 2.08. The van der Waals surface area contributed by atoms with Crippen molar-refractivity contribution in [3.8, 4) is 11.3 Å². The lowest BCUT2D eigenvalue weighted by atomic mass is 10.3. The van der Waals surface area contributed by atoms with E-state index in [9.17, 15) is 0 Å². The zero-order chi connectivity index (χ0) is 15.0. The van der Waals surface area contributed by atoms with Crippen LogP contribution in [0.4, 0.5) is 5.82 Å². The molecule has 0 atom stereocenters. The molecule has 6 nitrogen and oxygen atoms in total. The van der Waals surface area contributed by atoms with Crippen molar-refractivity contribution in [1.82, 2.24) is 24.6 Å². The Labute approximate surface area is 119 Å². The summed E-state index contributed by atoms with van der Waals surface area (Å²) in [6.45, 7) is 8.25. The van der Waals surface area contributed by atoms with Gasteiger partial charge in [0.05, 0.1) is 18.1 Å². The van der Waals surface area contributed by atoms with Gasteiger partial charge in [-0.25, -0.2) is 9.97 Å². The number of nitrogens with one attached hydrogen (secondary N) is 1. The summed E-state index contributed by atoms with van der Waals surface area (Å²) in [6, 6.07) is 0. The highest BCUT2D eigenvalue weighted by Crippen LogP contribution is 2.20. The minimum Gasteiger partial charge on any atom is -0.381 e. The summed E-state index contributed by atoms with van der Waals surface area (Å²) in [5.41, 5.74) is 8.27. The number of H-pyrrole nitrogens is 1. The molecule has 0 unspecified atom stereocenters. The van der Waals surface area contributed by atoms with Crippen LogP contribution in [0.5, 0.6) is 0 Å². The molecule has 3 aromatic rings. The van der Waals surface area contributed by atoms with Crippen LogP contribution in [-0.2, 0) is 0 Å². The second-order valence-electron chi connectivity index (χ2n) is 3.84. The average molecular weight is 274 g/mol.